The van der Waals surface area contributed by atoms with E-state index < -0.39 is 5.97 Å². The zero-order valence-electron chi connectivity index (χ0n) is 18.3. The van der Waals surface area contributed by atoms with E-state index in [0.717, 1.165) is 21.9 Å². The van der Waals surface area contributed by atoms with E-state index in [2.05, 4.69) is 10.2 Å². The van der Waals surface area contributed by atoms with Crippen LogP contribution >= 0.6 is 0 Å². The lowest BCUT2D eigenvalue weighted by Gasteiger charge is -2.35. The molecule has 1 aliphatic rings. The molecule has 0 unspecified atom stereocenters. The van der Waals surface area contributed by atoms with Crippen LogP contribution < -0.4 is 4.90 Å². The SMILES string of the molecule is O=C(O)c1ccc(N2CCN(C(=O)c3ccc(-c4cccc(O)c4)c4ccccc34)CC2)nn1. The maximum absolute atomic E-state index is 13.5. The van der Waals surface area contributed by atoms with Gasteiger partial charge in [0.25, 0.3) is 5.91 Å². The van der Waals surface area contributed by atoms with Gasteiger partial charge in [-0.25, -0.2) is 4.79 Å². The van der Waals surface area contributed by atoms with Gasteiger partial charge in [-0.3, -0.25) is 4.79 Å². The van der Waals surface area contributed by atoms with Crippen LogP contribution in [0.15, 0.2) is 72.8 Å². The van der Waals surface area contributed by atoms with E-state index in [-0.39, 0.29) is 17.4 Å². The highest BCUT2D eigenvalue weighted by Gasteiger charge is 2.25. The number of phenolic OH excluding ortho intramolecular Hbond substituents is 1. The van der Waals surface area contributed by atoms with E-state index in [9.17, 15) is 14.7 Å². The first-order valence-electron chi connectivity index (χ1n) is 10.9. The van der Waals surface area contributed by atoms with Gasteiger partial charge in [-0.1, -0.05) is 42.5 Å². The average molecular weight is 454 g/mol. The number of nitrogens with zero attached hydrogens (tertiary/aromatic N) is 4. The van der Waals surface area contributed by atoms with E-state index >= 15 is 0 Å². The van der Waals surface area contributed by atoms with Crippen LogP contribution in [-0.2, 0) is 0 Å². The molecule has 8 heteroatoms. The molecule has 4 aromatic rings. The molecule has 1 aliphatic heterocycles. The Bertz CT molecular complexity index is 1380. The number of aromatic hydroxyl groups is 1. The third-order valence-corrected chi connectivity index (χ3v) is 6.07. The molecule has 5 rings (SSSR count). The molecule has 170 valence electrons. The Hall–Kier alpha value is -4.46. The molecule has 0 radical (unpaired) electrons. The number of piperazine rings is 1. The number of fused-ring (bicyclic) bond motifs is 1. The number of aromatic nitrogens is 2. The van der Waals surface area contributed by atoms with Crippen molar-refractivity contribution in [3.8, 4) is 16.9 Å². The Morgan fingerprint density at radius 3 is 2.24 bits per heavy atom. The van der Waals surface area contributed by atoms with E-state index in [1.165, 1.54) is 6.07 Å². The molecule has 1 amide bonds. The van der Waals surface area contributed by atoms with Crippen LogP contribution in [0.2, 0.25) is 0 Å². The molecular weight excluding hydrogens is 432 g/mol. The van der Waals surface area contributed by atoms with E-state index in [4.69, 9.17) is 5.11 Å². The van der Waals surface area contributed by atoms with E-state index in [1.807, 2.05) is 52.3 Å². The maximum Gasteiger partial charge on any atom is 0.356 e. The summed E-state index contributed by atoms with van der Waals surface area (Å²) in [6.45, 7) is 2.19. The van der Waals surface area contributed by atoms with Crippen LogP contribution in [0, 0.1) is 0 Å². The summed E-state index contributed by atoms with van der Waals surface area (Å²) in [6.07, 6.45) is 0. The molecule has 0 bridgehead atoms. The van der Waals surface area contributed by atoms with Gasteiger partial charge in [-0.05, 0) is 52.2 Å². The number of anilines is 1. The molecule has 0 aliphatic carbocycles. The lowest BCUT2D eigenvalue weighted by Crippen LogP contribution is -2.49. The molecule has 1 saturated heterocycles. The zero-order chi connectivity index (χ0) is 23.7. The Morgan fingerprint density at radius 2 is 1.56 bits per heavy atom. The number of carbonyl (C=O) groups excluding carboxylic acids is 1. The van der Waals surface area contributed by atoms with Gasteiger partial charge >= 0.3 is 5.97 Å². The van der Waals surface area contributed by atoms with E-state index in [1.54, 1.807) is 24.3 Å². The molecule has 0 atom stereocenters. The summed E-state index contributed by atoms with van der Waals surface area (Å²) in [5.41, 5.74) is 2.38. The number of rotatable bonds is 4. The highest BCUT2D eigenvalue weighted by atomic mass is 16.4. The second kappa shape index (κ2) is 8.82. The fourth-order valence-corrected chi connectivity index (χ4v) is 4.33. The molecule has 3 aromatic carbocycles. The molecule has 8 nitrogen and oxygen atoms in total. The van der Waals surface area contributed by atoms with Crippen LogP contribution in [0.5, 0.6) is 5.75 Å². The number of hydrogen-bond acceptors (Lipinski definition) is 6. The van der Waals surface area contributed by atoms with Gasteiger partial charge in [0.15, 0.2) is 11.5 Å². The predicted octanol–water partition coefficient (Wildman–Crippen LogP) is 3.66. The van der Waals surface area contributed by atoms with Gasteiger partial charge in [0.1, 0.15) is 5.75 Å². The fraction of sp³-hybridized carbons (Fsp3) is 0.154. The molecule has 1 fully saturated rings. The first kappa shape index (κ1) is 21.4. The standard InChI is InChI=1S/C26H22N4O4/c31-18-5-3-4-17(16-18)19-8-9-22(21-7-2-1-6-20(19)21)25(32)30-14-12-29(13-15-30)24-11-10-23(26(33)34)27-28-24/h1-11,16,31H,12-15H2,(H,33,34). The summed E-state index contributed by atoms with van der Waals surface area (Å²) in [6, 6.07) is 21.8. The van der Waals surface area contributed by atoms with Crippen molar-refractivity contribution < 1.29 is 19.8 Å². The summed E-state index contributed by atoms with van der Waals surface area (Å²) in [5.74, 6) is -0.359. The first-order valence-corrected chi connectivity index (χ1v) is 10.9. The summed E-state index contributed by atoms with van der Waals surface area (Å²) in [5, 5.41) is 28.5. The van der Waals surface area contributed by atoms with Crippen LogP contribution in [-0.4, -0.2) is 63.4 Å². The van der Waals surface area contributed by atoms with Crippen LogP contribution in [0.25, 0.3) is 21.9 Å². The van der Waals surface area contributed by atoms with Gasteiger partial charge in [0.05, 0.1) is 0 Å². The van der Waals surface area contributed by atoms with Gasteiger partial charge in [-0.2, -0.15) is 0 Å². The molecule has 2 heterocycles. The van der Waals surface area contributed by atoms with Crippen molar-refractivity contribution in [2.75, 3.05) is 31.1 Å². The summed E-state index contributed by atoms with van der Waals surface area (Å²) >= 11 is 0. The average Bonchev–Trinajstić information content (AvgIpc) is 2.88. The Balaban J connectivity index is 1.37. The van der Waals surface area contributed by atoms with Crippen LogP contribution in [0.4, 0.5) is 5.82 Å². The number of carboxylic acids is 1. The van der Waals surface area contributed by atoms with E-state index in [0.29, 0.717) is 37.6 Å². The number of phenols is 1. The molecule has 2 N–H and O–H groups in total. The summed E-state index contributed by atoms with van der Waals surface area (Å²) in [4.78, 5) is 28.2. The number of benzene rings is 3. The van der Waals surface area contributed by atoms with Crippen molar-refractivity contribution in [1.29, 1.82) is 0 Å². The summed E-state index contributed by atoms with van der Waals surface area (Å²) in [7, 11) is 0. The Labute approximate surface area is 195 Å². The normalized spacial score (nSPS) is 13.8. The third kappa shape index (κ3) is 4.01. The van der Waals surface area contributed by atoms with Crippen molar-refractivity contribution in [3.05, 3.63) is 84.1 Å². The smallest absolute Gasteiger partial charge is 0.356 e. The fourth-order valence-electron chi connectivity index (χ4n) is 4.33. The van der Waals surface area contributed by atoms with Crippen molar-refractivity contribution in [1.82, 2.24) is 15.1 Å². The van der Waals surface area contributed by atoms with Crippen LogP contribution in [0.3, 0.4) is 0 Å². The second-order valence-corrected chi connectivity index (χ2v) is 8.12. The highest BCUT2D eigenvalue weighted by Crippen LogP contribution is 2.33. The lowest BCUT2D eigenvalue weighted by atomic mass is 9.94. The maximum atomic E-state index is 13.5. The monoisotopic (exact) mass is 454 g/mol. The first-order chi connectivity index (χ1) is 16.5. The molecule has 34 heavy (non-hydrogen) atoms. The van der Waals surface area contributed by atoms with Crippen molar-refractivity contribution in [3.63, 3.8) is 0 Å². The molecule has 0 spiro atoms. The lowest BCUT2D eigenvalue weighted by molar-refractivity contribution is 0.0687. The predicted molar refractivity (Wildman–Crippen MR) is 128 cm³/mol. The van der Waals surface area contributed by atoms with Crippen LogP contribution in [0.1, 0.15) is 20.8 Å². The Morgan fingerprint density at radius 1 is 0.794 bits per heavy atom. The summed E-state index contributed by atoms with van der Waals surface area (Å²) < 4.78 is 0. The van der Waals surface area contributed by atoms with Gasteiger partial charge in [0.2, 0.25) is 0 Å². The Kier molecular flexibility index (Phi) is 5.55. The third-order valence-electron chi connectivity index (χ3n) is 6.07. The van der Waals surface area contributed by atoms with Crippen molar-refractivity contribution in [2.45, 2.75) is 0 Å². The minimum atomic E-state index is -1.11. The number of carbonyl (C=O) groups is 2. The number of aromatic carboxylic acids is 1. The number of amides is 1. The highest BCUT2D eigenvalue weighted by molar-refractivity contribution is 6.11. The van der Waals surface area contributed by atoms with Crippen molar-refractivity contribution >= 4 is 28.5 Å². The zero-order valence-corrected chi connectivity index (χ0v) is 18.3. The second-order valence-electron chi connectivity index (χ2n) is 8.12. The van der Waals surface area contributed by atoms with Gasteiger partial charge in [0, 0.05) is 31.7 Å². The largest absolute Gasteiger partial charge is 0.508 e. The molecule has 0 saturated carbocycles. The van der Waals surface area contributed by atoms with Crippen molar-refractivity contribution in [2.24, 2.45) is 0 Å². The number of hydrogen-bond donors (Lipinski definition) is 2. The molecular formula is C26H22N4O4. The minimum Gasteiger partial charge on any atom is -0.508 e. The quantitative estimate of drug-likeness (QED) is 0.485. The van der Waals surface area contributed by atoms with Gasteiger partial charge in [-0.15, -0.1) is 10.2 Å². The topological polar surface area (TPSA) is 107 Å². The van der Waals surface area contributed by atoms with Gasteiger partial charge < -0.3 is 20.0 Å². The molecule has 1 aromatic heterocycles. The number of carboxylic acid groups (broad SMARTS) is 1. The minimum absolute atomic E-state index is 0.0365.